The second-order valence-corrected chi connectivity index (χ2v) is 24.3. The predicted octanol–water partition coefficient (Wildman–Crippen LogP) is 23.2. The molecule has 76 heavy (non-hydrogen) atoms. The van der Waals surface area contributed by atoms with Crippen LogP contribution in [0.15, 0.2) is 170 Å². The highest BCUT2D eigenvalue weighted by atomic mass is 14.3. The molecule has 13 aromatic carbocycles. The number of hydrogen-bond donors (Lipinski definition) is 0. The van der Waals surface area contributed by atoms with Gasteiger partial charge in [-0.3, -0.25) is 0 Å². The molecule has 13 rings (SSSR count). The summed E-state index contributed by atoms with van der Waals surface area (Å²) in [6.45, 7) is 28.2. The van der Waals surface area contributed by atoms with E-state index in [4.69, 9.17) is 0 Å². The number of benzene rings is 11. The topological polar surface area (TPSA) is 0 Å². The van der Waals surface area contributed by atoms with Crippen LogP contribution in [0.4, 0.5) is 0 Å². The van der Waals surface area contributed by atoms with Crippen molar-refractivity contribution >= 4 is 86.2 Å². The lowest BCUT2D eigenvalue weighted by Crippen LogP contribution is -2.03. The predicted molar refractivity (Wildman–Crippen MR) is 335 cm³/mol. The molecular formula is C76H70. The van der Waals surface area contributed by atoms with Gasteiger partial charge in [0.2, 0.25) is 0 Å². The van der Waals surface area contributed by atoms with Crippen molar-refractivity contribution in [2.75, 3.05) is 0 Å². The smallest absolute Gasteiger partial charge is 0.00195 e. The second kappa shape index (κ2) is 18.1. The van der Waals surface area contributed by atoms with Crippen LogP contribution in [0.3, 0.4) is 0 Å². The molecule has 0 saturated heterocycles. The van der Waals surface area contributed by atoms with Gasteiger partial charge in [0.15, 0.2) is 0 Å². The highest BCUT2D eigenvalue weighted by molar-refractivity contribution is 6.41. The molecule has 0 spiro atoms. The van der Waals surface area contributed by atoms with Gasteiger partial charge in [0.25, 0.3) is 0 Å². The highest BCUT2D eigenvalue weighted by Crippen LogP contribution is 2.51. The van der Waals surface area contributed by atoms with Gasteiger partial charge in [-0.05, 0) is 248 Å². The molecule has 374 valence electrons. The summed E-state index contributed by atoms with van der Waals surface area (Å²) in [5.41, 5.74) is 19.1. The third kappa shape index (κ3) is 7.45. The van der Waals surface area contributed by atoms with Crippen molar-refractivity contribution in [3.8, 4) is 44.5 Å². The number of rotatable bonds is 10. The van der Waals surface area contributed by atoms with Gasteiger partial charge in [0, 0.05) is 0 Å². The van der Waals surface area contributed by atoms with E-state index in [1.807, 2.05) is 0 Å². The fourth-order valence-corrected chi connectivity index (χ4v) is 13.5. The Labute approximate surface area is 450 Å². The lowest BCUT2D eigenvalue weighted by molar-refractivity contribution is 0.807. The molecule has 0 aliphatic rings. The van der Waals surface area contributed by atoms with Crippen molar-refractivity contribution in [1.29, 1.82) is 0 Å². The molecule has 0 saturated carbocycles. The van der Waals surface area contributed by atoms with Crippen molar-refractivity contribution < 1.29 is 0 Å². The van der Waals surface area contributed by atoms with E-state index in [-0.39, 0.29) is 0 Å². The van der Waals surface area contributed by atoms with E-state index in [2.05, 4.69) is 253 Å². The fourth-order valence-electron chi connectivity index (χ4n) is 13.5. The maximum atomic E-state index is 2.56. The summed E-state index contributed by atoms with van der Waals surface area (Å²) in [6, 6.07) is 66.9. The Bertz CT molecular complexity index is 4080. The quantitative estimate of drug-likeness (QED) is 0.120. The van der Waals surface area contributed by atoms with Crippen LogP contribution in [0.25, 0.3) is 131 Å². The molecule has 0 nitrogen and oxygen atoms in total. The summed E-state index contributed by atoms with van der Waals surface area (Å²) in [7, 11) is 0. The molecule has 0 N–H and O–H groups in total. The van der Waals surface area contributed by atoms with Crippen LogP contribution in [-0.2, 0) is 0 Å². The molecule has 0 radical (unpaired) electrons. The Morgan fingerprint density at radius 1 is 0.197 bits per heavy atom. The average molecular weight is 983 g/mol. The van der Waals surface area contributed by atoms with Gasteiger partial charge >= 0.3 is 0 Å². The van der Waals surface area contributed by atoms with Crippen molar-refractivity contribution in [3.63, 3.8) is 0 Å². The first kappa shape index (κ1) is 48.1. The van der Waals surface area contributed by atoms with E-state index in [1.54, 1.807) is 0 Å². The van der Waals surface area contributed by atoms with Gasteiger partial charge in [-0.25, -0.2) is 0 Å². The van der Waals surface area contributed by atoms with Crippen LogP contribution in [0.2, 0.25) is 0 Å². The van der Waals surface area contributed by atoms with Gasteiger partial charge in [0.05, 0.1) is 0 Å². The van der Waals surface area contributed by atoms with Crippen molar-refractivity contribution in [2.45, 2.75) is 119 Å². The minimum atomic E-state index is 0.395. The number of fused-ring (bicyclic) bond motifs is 11. The molecule has 0 heterocycles. The Hall–Kier alpha value is -7.54. The van der Waals surface area contributed by atoms with Gasteiger partial charge in [-0.15, -0.1) is 0 Å². The summed E-state index contributed by atoms with van der Waals surface area (Å²) in [4.78, 5) is 0. The zero-order chi connectivity index (χ0) is 52.6. The summed E-state index contributed by atoms with van der Waals surface area (Å²) >= 11 is 0. The van der Waals surface area contributed by atoms with E-state index < -0.39 is 0 Å². The first-order chi connectivity index (χ1) is 36.6. The maximum Gasteiger partial charge on any atom is -0.00195 e. The van der Waals surface area contributed by atoms with E-state index in [0.29, 0.717) is 35.5 Å². The van der Waals surface area contributed by atoms with Crippen molar-refractivity contribution in [1.82, 2.24) is 0 Å². The van der Waals surface area contributed by atoms with Crippen LogP contribution in [0.1, 0.15) is 152 Å². The van der Waals surface area contributed by atoms with Crippen molar-refractivity contribution in [2.24, 2.45) is 0 Å². The van der Waals surface area contributed by atoms with E-state index in [0.717, 1.165) is 0 Å². The second-order valence-electron chi connectivity index (χ2n) is 24.3. The average Bonchev–Trinajstić information content (AvgIpc) is 3.98. The molecule has 13 aromatic rings. The first-order valence-corrected chi connectivity index (χ1v) is 28.4. The Morgan fingerprint density at radius 3 is 0.763 bits per heavy atom. The first-order valence-electron chi connectivity index (χ1n) is 28.4. The molecule has 0 bridgehead atoms. The molecule has 0 amide bonds. The van der Waals surface area contributed by atoms with Gasteiger partial charge in [-0.2, -0.15) is 0 Å². The van der Waals surface area contributed by atoms with Gasteiger partial charge in [-0.1, -0.05) is 204 Å². The number of hydrogen-bond acceptors (Lipinski definition) is 0. The zero-order valence-corrected chi connectivity index (χ0v) is 46.6. The monoisotopic (exact) mass is 983 g/mol. The molecule has 0 fully saturated rings. The highest BCUT2D eigenvalue weighted by Gasteiger charge is 2.25. The third-order valence-electron chi connectivity index (χ3n) is 17.5. The standard InChI is InChI=1S/C76H70/c1-41(2)51-31-59(43(5)6)73(60(32-51)44(7)8)49-23-25-55-63(29-49)69-37-53(47-19-15-13-16-20-47)35-67-57-27-28-58-66(65(57)39-71(55)75(67)69)40-72-56-26-24-50(74-61(45(9)10)33-52(42(3)4)34-62(74)46(11)12)30-64(56)70-38-54(36-68(58)76(70)72)48-21-17-14-18-22-48/h13-46H,1-12H3. The molecule has 0 heteroatoms. The minimum absolute atomic E-state index is 0.395. The minimum Gasteiger partial charge on any atom is -0.0622 e. The molecular weight excluding hydrogens is 913 g/mol. The Balaban J connectivity index is 1.13. The fraction of sp³-hybridized carbons (Fsp3) is 0.237. The van der Waals surface area contributed by atoms with E-state index in [9.17, 15) is 0 Å². The lowest BCUT2D eigenvalue weighted by atomic mass is 9.81. The zero-order valence-electron chi connectivity index (χ0n) is 46.6. The SMILES string of the molecule is CC(C)c1cc(C(C)C)c(-c2ccc3c(c2)c2cc(-c4ccccc4)cc4c5ccc6c(cc7c8ccc(-c9c(C(C)C)cc(C(C)C)cc9C(C)C)cc8c8cc(-c9ccccc9)cc6c87)c5cc3c42)c(C(C)C)c1. The Morgan fingerprint density at radius 2 is 0.461 bits per heavy atom. The van der Waals surface area contributed by atoms with Gasteiger partial charge < -0.3 is 0 Å². The third-order valence-corrected chi connectivity index (χ3v) is 17.5. The van der Waals surface area contributed by atoms with Crippen LogP contribution in [0, 0.1) is 0 Å². The summed E-state index contributed by atoms with van der Waals surface area (Å²) < 4.78 is 0. The largest absolute Gasteiger partial charge is 0.0622 e. The molecule has 0 unspecified atom stereocenters. The van der Waals surface area contributed by atoms with Gasteiger partial charge in [0.1, 0.15) is 0 Å². The van der Waals surface area contributed by atoms with Crippen LogP contribution < -0.4 is 0 Å². The molecule has 0 aliphatic carbocycles. The normalized spacial score (nSPS) is 12.7. The molecule has 0 atom stereocenters. The maximum absolute atomic E-state index is 2.56. The van der Waals surface area contributed by atoms with Crippen LogP contribution in [0.5, 0.6) is 0 Å². The summed E-state index contributed by atoms with van der Waals surface area (Å²) in [5.74, 6) is 2.52. The summed E-state index contributed by atoms with van der Waals surface area (Å²) in [6.07, 6.45) is 0. The van der Waals surface area contributed by atoms with E-state index in [1.165, 1.54) is 164 Å². The molecule has 0 aliphatic heterocycles. The summed E-state index contributed by atoms with van der Waals surface area (Å²) in [5, 5.41) is 21.2. The van der Waals surface area contributed by atoms with Crippen LogP contribution >= 0.6 is 0 Å². The van der Waals surface area contributed by atoms with Crippen molar-refractivity contribution in [3.05, 3.63) is 203 Å². The van der Waals surface area contributed by atoms with Crippen LogP contribution in [-0.4, -0.2) is 0 Å². The molecule has 0 aromatic heterocycles. The lowest BCUT2D eigenvalue weighted by Gasteiger charge is -2.23. The Kier molecular flexibility index (Phi) is 11.4. The van der Waals surface area contributed by atoms with E-state index >= 15 is 0 Å².